The Morgan fingerprint density at radius 2 is 1.62 bits per heavy atom. The van der Waals surface area contributed by atoms with E-state index < -0.39 is 5.60 Å². The fourth-order valence-corrected chi connectivity index (χ4v) is 1.78. The van der Waals surface area contributed by atoms with Gasteiger partial charge in [0.15, 0.2) is 0 Å². The summed E-state index contributed by atoms with van der Waals surface area (Å²) in [5.74, 6) is 0.118. The van der Waals surface area contributed by atoms with Gasteiger partial charge in [0.2, 0.25) is 0 Å². The van der Waals surface area contributed by atoms with E-state index in [4.69, 9.17) is 10.2 Å². The van der Waals surface area contributed by atoms with Gasteiger partial charge in [-0.25, -0.2) is 0 Å². The van der Waals surface area contributed by atoms with Crippen LogP contribution >= 0.6 is 0 Å². The molecular weight excluding hydrogens is 298 g/mol. The number of allylic oxidation sites excluding steroid dienone is 2. The molecule has 0 aromatic rings. The lowest BCUT2D eigenvalue weighted by Crippen LogP contribution is -2.34. The van der Waals surface area contributed by atoms with E-state index >= 15 is 0 Å². The minimum Gasteiger partial charge on any atom is -0.393 e. The number of hydrogen-bond acceptors (Lipinski definition) is 3. The lowest BCUT2D eigenvalue weighted by atomic mass is 9.94. The second-order valence-corrected chi connectivity index (χ2v) is 6.98. The van der Waals surface area contributed by atoms with Gasteiger partial charge in [0.05, 0.1) is 12.2 Å². The average molecular weight is 340 g/mol. The fraction of sp³-hybridized carbons (Fsp3) is 0.714. The molecule has 1 unspecified atom stereocenters. The molecule has 0 aromatic carbocycles. The Kier molecular flexibility index (Phi) is 19.4. The zero-order chi connectivity index (χ0) is 19.8. The molecule has 24 heavy (non-hydrogen) atoms. The zero-order valence-electron chi connectivity index (χ0n) is 16.9. The van der Waals surface area contributed by atoms with Crippen LogP contribution in [-0.4, -0.2) is 47.5 Å². The van der Waals surface area contributed by atoms with Crippen molar-refractivity contribution < 1.29 is 10.2 Å². The fourth-order valence-electron chi connectivity index (χ4n) is 1.78. The summed E-state index contributed by atoms with van der Waals surface area (Å²) in [6.45, 7) is 14.1. The minimum atomic E-state index is -0.903. The molecule has 2 N–H and O–H groups in total. The molecule has 1 atom stereocenters. The summed E-state index contributed by atoms with van der Waals surface area (Å²) in [7, 11) is 4.38. The molecule has 0 aromatic heterocycles. The van der Waals surface area contributed by atoms with Crippen LogP contribution in [0.1, 0.15) is 59.8 Å². The maximum Gasteiger partial charge on any atom is 0.0872 e. The second kappa shape index (κ2) is 16.8. The first-order valence-corrected chi connectivity index (χ1v) is 8.69. The third-order valence-electron chi connectivity index (χ3n) is 4.22. The Morgan fingerprint density at radius 1 is 1.25 bits per heavy atom. The van der Waals surface area contributed by atoms with Crippen molar-refractivity contribution in [2.24, 2.45) is 5.92 Å². The molecule has 0 spiro atoms. The van der Waals surface area contributed by atoms with E-state index in [-0.39, 0.29) is 12.5 Å². The van der Waals surface area contributed by atoms with Crippen molar-refractivity contribution in [3.8, 4) is 12.8 Å². The summed E-state index contributed by atoms with van der Waals surface area (Å²) < 4.78 is 0. The van der Waals surface area contributed by atoms with Crippen molar-refractivity contribution in [2.45, 2.75) is 71.4 Å². The summed E-state index contributed by atoms with van der Waals surface area (Å²) in [5, 5.41) is 17.7. The second-order valence-electron chi connectivity index (χ2n) is 6.98. The molecule has 0 aliphatic heterocycles. The lowest BCUT2D eigenvalue weighted by molar-refractivity contribution is -0.0350. The molecule has 0 bridgehead atoms. The molecule has 1 aliphatic rings. The van der Waals surface area contributed by atoms with Gasteiger partial charge in [-0.2, -0.15) is 0 Å². The highest BCUT2D eigenvalue weighted by atomic mass is 16.3. The zero-order valence-corrected chi connectivity index (χ0v) is 16.9. The summed E-state index contributed by atoms with van der Waals surface area (Å²) in [5.41, 5.74) is 0.116. The van der Waals surface area contributed by atoms with Crippen molar-refractivity contribution >= 4 is 0 Å². The molecule has 142 valence electrons. The predicted octanol–water partition coefficient (Wildman–Crippen LogP) is 4.26. The number of aliphatic hydroxyl groups is 2. The topological polar surface area (TPSA) is 43.7 Å². The molecule has 1 aliphatic carbocycles. The van der Waals surface area contributed by atoms with Crippen LogP contribution in [0.5, 0.6) is 0 Å². The molecule has 0 saturated heterocycles. The Bertz CT molecular complexity index is 324. The molecular formula is C21H41NO2. The van der Waals surface area contributed by atoms with Gasteiger partial charge in [0.1, 0.15) is 0 Å². The van der Waals surface area contributed by atoms with Crippen LogP contribution in [0.4, 0.5) is 0 Å². The summed E-state index contributed by atoms with van der Waals surface area (Å²) in [6, 6.07) is 0.888. The predicted molar refractivity (Wildman–Crippen MR) is 108 cm³/mol. The maximum atomic E-state index is 9.15. The van der Waals surface area contributed by atoms with E-state index in [9.17, 15) is 0 Å². The molecule has 0 amide bonds. The lowest BCUT2D eigenvalue weighted by Gasteiger charge is -2.27. The first-order valence-electron chi connectivity index (χ1n) is 8.69. The van der Waals surface area contributed by atoms with Crippen LogP contribution in [0.3, 0.4) is 0 Å². The SMILES string of the molecule is C#C.C=CC(=C)C.CC(C)C(C)(O)CO.CN(C)C1CCCCC1. The first-order chi connectivity index (χ1) is 11.1. The monoisotopic (exact) mass is 339 g/mol. The van der Waals surface area contributed by atoms with Crippen LogP contribution in [0.15, 0.2) is 24.8 Å². The number of rotatable bonds is 4. The van der Waals surface area contributed by atoms with Gasteiger partial charge in [0.25, 0.3) is 0 Å². The molecule has 1 saturated carbocycles. The van der Waals surface area contributed by atoms with E-state index in [1.807, 2.05) is 20.8 Å². The molecule has 1 fully saturated rings. The summed E-state index contributed by atoms with van der Waals surface area (Å²) in [4.78, 5) is 2.36. The van der Waals surface area contributed by atoms with Gasteiger partial charge in [-0.1, -0.05) is 57.9 Å². The van der Waals surface area contributed by atoms with Crippen molar-refractivity contribution in [3.63, 3.8) is 0 Å². The van der Waals surface area contributed by atoms with Gasteiger partial charge in [-0.15, -0.1) is 12.8 Å². The van der Waals surface area contributed by atoms with Crippen molar-refractivity contribution in [1.82, 2.24) is 4.90 Å². The highest BCUT2D eigenvalue weighted by molar-refractivity contribution is 5.05. The number of terminal acetylenes is 1. The first kappa shape index (κ1) is 27.8. The Balaban J connectivity index is -0.000000272. The van der Waals surface area contributed by atoms with E-state index in [0.717, 1.165) is 11.6 Å². The number of aliphatic hydroxyl groups excluding tert-OH is 1. The highest BCUT2D eigenvalue weighted by Crippen LogP contribution is 2.20. The van der Waals surface area contributed by atoms with Gasteiger partial charge < -0.3 is 15.1 Å². The third-order valence-corrected chi connectivity index (χ3v) is 4.22. The number of hydrogen-bond donors (Lipinski definition) is 2. The highest BCUT2D eigenvalue weighted by Gasteiger charge is 2.22. The van der Waals surface area contributed by atoms with Crippen molar-refractivity contribution in [1.29, 1.82) is 0 Å². The van der Waals surface area contributed by atoms with E-state index in [2.05, 4.69) is 45.0 Å². The molecule has 3 heteroatoms. The van der Waals surface area contributed by atoms with Crippen LogP contribution in [0, 0.1) is 18.8 Å². The van der Waals surface area contributed by atoms with Crippen molar-refractivity contribution in [2.75, 3.05) is 20.7 Å². The summed E-state index contributed by atoms with van der Waals surface area (Å²) in [6.07, 6.45) is 16.9. The molecule has 3 nitrogen and oxygen atoms in total. The molecule has 0 radical (unpaired) electrons. The Hall–Kier alpha value is -1.08. The molecule has 1 rings (SSSR count). The smallest absolute Gasteiger partial charge is 0.0872 e. The van der Waals surface area contributed by atoms with E-state index in [1.54, 1.807) is 13.0 Å². The standard InChI is InChI=1S/C8H17N.C6H14O2.C5H8.C2H2/c1-9(2)8-6-4-3-5-7-8;1-5(2)6(3,8)4-7;1-4-5(2)3;1-2/h8H,3-7H2,1-2H3;5,7-8H,4H2,1-3H3;4H,1-2H2,3H3;1-2H. The quantitative estimate of drug-likeness (QED) is 0.594. The van der Waals surface area contributed by atoms with Gasteiger partial charge in [-0.05, 0) is 46.7 Å². The third kappa shape index (κ3) is 17.3. The molecule has 0 heterocycles. The Labute approximate surface area is 151 Å². The van der Waals surface area contributed by atoms with E-state index in [1.165, 1.54) is 32.1 Å². The van der Waals surface area contributed by atoms with Crippen LogP contribution in [-0.2, 0) is 0 Å². The van der Waals surface area contributed by atoms with Gasteiger partial charge >= 0.3 is 0 Å². The van der Waals surface area contributed by atoms with Gasteiger partial charge in [0, 0.05) is 6.04 Å². The van der Waals surface area contributed by atoms with Crippen LogP contribution in [0.2, 0.25) is 0 Å². The van der Waals surface area contributed by atoms with Crippen LogP contribution < -0.4 is 0 Å². The normalized spacial score (nSPS) is 16.3. The largest absolute Gasteiger partial charge is 0.393 e. The average Bonchev–Trinajstić information content (AvgIpc) is 2.58. The minimum absolute atomic E-state index is 0.118. The van der Waals surface area contributed by atoms with Gasteiger partial charge in [-0.3, -0.25) is 0 Å². The summed E-state index contributed by atoms with van der Waals surface area (Å²) >= 11 is 0. The van der Waals surface area contributed by atoms with Crippen LogP contribution in [0.25, 0.3) is 0 Å². The van der Waals surface area contributed by atoms with Crippen molar-refractivity contribution in [3.05, 3.63) is 24.8 Å². The van der Waals surface area contributed by atoms with E-state index in [0.29, 0.717) is 0 Å². The number of nitrogens with zero attached hydrogens (tertiary/aromatic N) is 1. The maximum absolute atomic E-state index is 9.15. The Morgan fingerprint density at radius 3 is 1.75 bits per heavy atom.